The lowest BCUT2D eigenvalue weighted by molar-refractivity contribution is 0.0921. The zero-order valence-electron chi connectivity index (χ0n) is 22.1. The number of nitrogens with one attached hydrogen (secondary N) is 2. The van der Waals surface area contributed by atoms with Crippen LogP contribution in [0.25, 0.3) is 33.5 Å². The van der Waals surface area contributed by atoms with Crippen LogP contribution >= 0.6 is 0 Å². The predicted octanol–water partition coefficient (Wildman–Crippen LogP) is 3.76. The molecule has 2 aromatic carbocycles. The smallest absolute Gasteiger partial charge is 0.251 e. The van der Waals surface area contributed by atoms with Gasteiger partial charge in [0.15, 0.2) is 0 Å². The van der Waals surface area contributed by atoms with Crippen molar-refractivity contribution in [1.82, 2.24) is 30.1 Å². The number of ether oxygens (including phenoxy) is 1. The number of methoxy groups -OCH3 is 1. The van der Waals surface area contributed by atoms with Gasteiger partial charge in [0, 0.05) is 62.6 Å². The number of aromatic nitrogens is 3. The van der Waals surface area contributed by atoms with Crippen molar-refractivity contribution in [3.05, 3.63) is 60.3 Å². The van der Waals surface area contributed by atoms with E-state index in [2.05, 4.69) is 43.9 Å². The van der Waals surface area contributed by atoms with Crippen molar-refractivity contribution in [3.63, 3.8) is 0 Å². The quantitative estimate of drug-likeness (QED) is 0.329. The molecule has 1 saturated heterocycles. The normalized spacial score (nSPS) is 14.7. The lowest BCUT2D eigenvalue weighted by Crippen LogP contribution is -2.50. The van der Waals surface area contributed by atoms with Crippen molar-refractivity contribution in [2.45, 2.75) is 19.9 Å². The average molecular weight is 515 g/mol. The van der Waals surface area contributed by atoms with E-state index >= 15 is 0 Å². The zero-order chi connectivity index (χ0) is 26.6. The van der Waals surface area contributed by atoms with Crippen LogP contribution in [-0.4, -0.2) is 88.2 Å². The van der Waals surface area contributed by atoms with Gasteiger partial charge in [-0.1, -0.05) is 6.07 Å². The number of benzene rings is 2. The van der Waals surface area contributed by atoms with Crippen LogP contribution in [-0.2, 0) is 0 Å². The lowest BCUT2D eigenvalue weighted by atomic mass is 10.0. The van der Waals surface area contributed by atoms with Crippen LogP contribution in [0, 0.1) is 0 Å². The first-order valence-corrected chi connectivity index (χ1v) is 13.0. The van der Waals surface area contributed by atoms with Crippen LogP contribution in [0.2, 0.25) is 0 Å². The summed E-state index contributed by atoms with van der Waals surface area (Å²) >= 11 is 0. The number of pyridine rings is 1. The second-order valence-electron chi connectivity index (χ2n) is 9.84. The number of carbonyl (C=O) groups excluding carboxylic acids is 1. The van der Waals surface area contributed by atoms with Gasteiger partial charge in [-0.25, -0.2) is 9.97 Å². The Labute approximate surface area is 222 Å². The molecule has 9 nitrogen and oxygen atoms in total. The highest BCUT2D eigenvalue weighted by atomic mass is 16.5. The maximum absolute atomic E-state index is 12.8. The molecule has 0 radical (unpaired) electrons. The van der Waals surface area contributed by atoms with Crippen molar-refractivity contribution in [1.29, 1.82) is 0 Å². The number of hydrogen-bond acceptors (Lipinski definition) is 7. The largest absolute Gasteiger partial charge is 0.507 e. The van der Waals surface area contributed by atoms with Crippen LogP contribution in [0.15, 0.2) is 54.7 Å². The predicted molar refractivity (Wildman–Crippen MR) is 148 cm³/mol. The molecule has 0 saturated carbocycles. The van der Waals surface area contributed by atoms with E-state index in [9.17, 15) is 9.90 Å². The van der Waals surface area contributed by atoms with Crippen LogP contribution in [0.5, 0.6) is 11.6 Å². The van der Waals surface area contributed by atoms with E-state index in [1.54, 1.807) is 31.5 Å². The fourth-order valence-electron chi connectivity index (χ4n) is 4.88. The van der Waals surface area contributed by atoms with E-state index < -0.39 is 0 Å². The van der Waals surface area contributed by atoms with Gasteiger partial charge in [0.2, 0.25) is 5.88 Å². The van der Waals surface area contributed by atoms with Gasteiger partial charge < -0.3 is 20.1 Å². The molecule has 0 unspecified atom stereocenters. The average Bonchev–Trinajstić information content (AvgIpc) is 3.37. The third-order valence-corrected chi connectivity index (χ3v) is 7.12. The van der Waals surface area contributed by atoms with Crippen LogP contribution in [0.4, 0.5) is 0 Å². The molecule has 0 spiro atoms. The Hall–Kier alpha value is -3.95. The third-order valence-electron chi connectivity index (χ3n) is 7.12. The third kappa shape index (κ3) is 5.49. The number of nitrogens with zero attached hydrogens (tertiary/aromatic N) is 4. The summed E-state index contributed by atoms with van der Waals surface area (Å²) in [6.45, 7) is 10.1. The molecule has 3 heterocycles. The molecule has 2 aromatic heterocycles. The molecule has 3 N–H and O–H groups in total. The van der Waals surface area contributed by atoms with Gasteiger partial charge in [0.1, 0.15) is 11.6 Å². The molecule has 1 fully saturated rings. The lowest BCUT2D eigenvalue weighted by Gasteiger charge is -2.36. The van der Waals surface area contributed by atoms with Crippen molar-refractivity contribution < 1.29 is 14.6 Å². The molecule has 4 aromatic rings. The summed E-state index contributed by atoms with van der Waals surface area (Å²) in [6.07, 6.45) is 1.67. The number of fused-ring (bicyclic) bond motifs is 1. The number of imidazole rings is 1. The number of hydrogen-bond donors (Lipinski definition) is 3. The number of amides is 1. The van der Waals surface area contributed by atoms with Crippen LogP contribution in [0.1, 0.15) is 24.2 Å². The maximum atomic E-state index is 12.8. The molecule has 1 aliphatic heterocycles. The number of carbonyl (C=O) groups is 1. The van der Waals surface area contributed by atoms with E-state index in [-0.39, 0.29) is 11.7 Å². The first kappa shape index (κ1) is 25.7. The highest BCUT2D eigenvalue weighted by molar-refractivity contribution is 5.97. The molecule has 198 valence electrons. The molecule has 1 amide bonds. The molecule has 1 aliphatic rings. The Balaban J connectivity index is 1.28. The number of H-pyrrole nitrogens is 1. The first-order valence-electron chi connectivity index (χ1n) is 13.0. The number of phenolic OH excluding ortho intramolecular Hbond substituents is 1. The highest BCUT2D eigenvalue weighted by Crippen LogP contribution is 2.35. The van der Waals surface area contributed by atoms with Gasteiger partial charge in [-0.3, -0.25) is 14.6 Å². The Bertz CT molecular complexity index is 1430. The summed E-state index contributed by atoms with van der Waals surface area (Å²) in [5, 5.41) is 13.6. The van der Waals surface area contributed by atoms with E-state index in [0.717, 1.165) is 49.4 Å². The van der Waals surface area contributed by atoms with Gasteiger partial charge in [0.25, 0.3) is 5.91 Å². The molecule has 5 rings (SSSR count). The summed E-state index contributed by atoms with van der Waals surface area (Å²) in [7, 11) is 1.58. The monoisotopic (exact) mass is 514 g/mol. The molecular weight excluding hydrogens is 480 g/mol. The summed E-state index contributed by atoms with van der Waals surface area (Å²) in [5.41, 5.74) is 4.20. The Kier molecular flexibility index (Phi) is 7.57. The van der Waals surface area contributed by atoms with Crippen molar-refractivity contribution in [3.8, 4) is 34.1 Å². The van der Waals surface area contributed by atoms with Gasteiger partial charge in [-0.15, -0.1) is 0 Å². The summed E-state index contributed by atoms with van der Waals surface area (Å²) in [4.78, 5) is 29.9. The van der Waals surface area contributed by atoms with Gasteiger partial charge in [-0.2, -0.15) is 0 Å². The molecule has 38 heavy (non-hydrogen) atoms. The van der Waals surface area contributed by atoms with Gasteiger partial charge >= 0.3 is 0 Å². The number of phenols is 1. The van der Waals surface area contributed by atoms with Crippen LogP contribution in [0.3, 0.4) is 0 Å². The standard InChI is InChI=1S/C29H34N6O3/c1-19(2)35-15-13-34(14-16-35)12-11-30-28(37)21-6-8-24-25(18-21)33-27(32-24)23-17-20(7-9-26(23)36)22-5-4-10-31-29(22)38-3/h4-10,17-19,36H,11-16H2,1-3H3,(H,30,37)(H,32,33). The second kappa shape index (κ2) is 11.2. The topological polar surface area (TPSA) is 107 Å². The van der Waals surface area contributed by atoms with E-state index in [1.165, 1.54) is 0 Å². The van der Waals surface area contributed by atoms with Crippen molar-refractivity contribution in [2.75, 3.05) is 46.4 Å². The SMILES string of the molecule is COc1ncccc1-c1ccc(O)c(-c2nc3ccc(C(=O)NCCN4CCN(C(C)C)CC4)cc3[nH]2)c1. The minimum atomic E-state index is -0.114. The molecule has 0 bridgehead atoms. The number of piperazine rings is 1. The Morgan fingerprint density at radius 1 is 1.11 bits per heavy atom. The fourth-order valence-corrected chi connectivity index (χ4v) is 4.88. The van der Waals surface area contributed by atoms with Crippen LogP contribution < -0.4 is 10.1 Å². The first-order chi connectivity index (χ1) is 18.4. The Morgan fingerprint density at radius 3 is 2.68 bits per heavy atom. The molecule has 0 aliphatic carbocycles. The summed E-state index contributed by atoms with van der Waals surface area (Å²) < 4.78 is 5.39. The number of aromatic hydroxyl groups is 1. The minimum Gasteiger partial charge on any atom is -0.507 e. The van der Waals surface area contributed by atoms with Crippen molar-refractivity contribution >= 4 is 16.9 Å². The van der Waals surface area contributed by atoms with Gasteiger partial charge in [-0.05, 0) is 61.9 Å². The minimum absolute atomic E-state index is 0.0999. The highest BCUT2D eigenvalue weighted by Gasteiger charge is 2.19. The van der Waals surface area contributed by atoms with Gasteiger partial charge in [0.05, 0.1) is 23.7 Å². The van der Waals surface area contributed by atoms with E-state index in [0.29, 0.717) is 40.9 Å². The fraction of sp³-hybridized carbons (Fsp3) is 0.345. The summed E-state index contributed by atoms with van der Waals surface area (Å²) in [5.74, 6) is 1.00. The molecule has 0 atom stereocenters. The maximum Gasteiger partial charge on any atom is 0.251 e. The summed E-state index contributed by atoms with van der Waals surface area (Å²) in [6, 6.07) is 15.0. The number of rotatable bonds is 8. The molecular formula is C29H34N6O3. The van der Waals surface area contributed by atoms with Crippen molar-refractivity contribution in [2.24, 2.45) is 0 Å². The molecule has 9 heteroatoms. The van der Waals surface area contributed by atoms with E-state index in [4.69, 9.17) is 4.74 Å². The Morgan fingerprint density at radius 2 is 1.92 bits per heavy atom. The zero-order valence-corrected chi connectivity index (χ0v) is 22.1. The second-order valence-corrected chi connectivity index (χ2v) is 9.84. The number of aromatic amines is 1. The van der Waals surface area contributed by atoms with E-state index in [1.807, 2.05) is 30.3 Å².